The van der Waals surface area contributed by atoms with Gasteiger partial charge in [0.2, 0.25) is 0 Å². The van der Waals surface area contributed by atoms with Crippen LogP contribution in [0.5, 0.6) is 0 Å². The van der Waals surface area contributed by atoms with E-state index in [1.165, 1.54) is 0 Å². The second-order valence-corrected chi connectivity index (χ2v) is 7.02. The number of urea groups is 1. The molecular weight excluding hydrogens is 374 g/mol. The molecule has 0 saturated carbocycles. The highest BCUT2D eigenvalue weighted by molar-refractivity contribution is 6.09. The molecule has 1 aliphatic heterocycles. The number of imide groups is 1. The van der Waals surface area contributed by atoms with E-state index in [9.17, 15) is 19.2 Å². The highest BCUT2D eigenvalue weighted by Gasteiger charge is 2.49. The number of ether oxygens (including phenoxy) is 1. The first-order chi connectivity index (χ1) is 13.8. The predicted octanol–water partition coefficient (Wildman–Crippen LogP) is 1.68. The van der Waals surface area contributed by atoms with Crippen molar-refractivity contribution in [3.8, 4) is 0 Å². The van der Waals surface area contributed by atoms with E-state index in [0.717, 1.165) is 22.1 Å². The Bertz CT molecular complexity index is 974. The van der Waals surface area contributed by atoms with Crippen LogP contribution in [0.1, 0.15) is 25.8 Å². The van der Waals surface area contributed by atoms with Crippen LogP contribution in [-0.2, 0) is 24.7 Å². The van der Waals surface area contributed by atoms with Gasteiger partial charge in [0, 0.05) is 6.54 Å². The van der Waals surface area contributed by atoms with Crippen molar-refractivity contribution in [2.75, 3.05) is 19.7 Å². The summed E-state index contributed by atoms with van der Waals surface area (Å²) < 4.78 is 4.87. The molecular formula is C21H23N3O5. The first-order valence-corrected chi connectivity index (χ1v) is 9.41. The molecule has 152 valence electrons. The summed E-state index contributed by atoms with van der Waals surface area (Å²) in [6.07, 6.45) is 0.759. The summed E-state index contributed by atoms with van der Waals surface area (Å²) in [5.41, 5.74) is -0.677. The van der Waals surface area contributed by atoms with Crippen LogP contribution in [0.25, 0.3) is 10.8 Å². The molecule has 1 fully saturated rings. The summed E-state index contributed by atoms with van der Waals surface area (Å²) in [6.45, 7) is 2.96. The van der Waals surface area contributed by atoms with E-state index >= 15 is 0 Å². The molecule has 3 rings (SSSR count). The number of amides is 4. The fourth-order valence-corrected chi connectivity index (χ4v) is 3.17. The summed E-state index contributed by atoms with van der Waals surface area (Å²) in [6, 6.07) is 12.5. The Morgan fingerprint density at radius 3 is 2.59 bits per heavy atom. The molecule has 0 spiro atoms. The zero-order chi connectivity index (χ0) is 21.0. The van der Waals surface area contributed by atoms with Crippen LogP contribution in [0, 0.1) is 0 Å². The van der Waals surface area contributed by atoms with Crippen molar-refractivity contribution >= 4 is 34.6 Å². The molecule has 8 heteroatoms. The van der Waals surface area contributed by atoms with Crippen LogP contribution in [0.4, 0.5) is 4.79 Å². The standard InChI is InChI=1S/C21H23N3O5/c1-3-10-22-17(25)13-29-18(26)12-24-19(27)21(2,23-20(24)28)16-9-8-14-6-4-5-7-15(14)11-16/h4-9,11H,3,10,12-13H2,1-2H3,(H,22,25)(H,23,28)/t21-/m1/s1. The van der Waals surface area contributed by atoms with Gasteiger partial charge < -0.3 is 15.4 Å². The number of hydrogen-bond donors (Lipinski definition) is 2. The third kappa shape index (κ3) is 4.21. The first-order valence-electron chi connectivity index (χ1n) is 9.41. The van der Waals surface area contributed by atoms with Gasteiger partial charge in [-0.1, -0.05) is 43.3 Å². The molecule has 2 aromatic rings. The second-order valence-electron chi connectivity index (χ2n) is 7.02. The van der Waals surface area contributed by atoms with Gasteiger partial charge in [-0.3, -0.25) is 19.3 Å². The number of fused-ring (bicyclic) bond motifs is 1. The second kappa shape index (κ2) is 8.30. The van der Waals surface area contributed by atoms with Crippen molar-refractivity contribution in [1.82, 2.24) is 15.5 Å². The van der Waals surface area contributed by atoms with Crippen LogP contribution >= 0.6 is 0 Å². The summed E-state index contributed by atoms with van der Waals surface area (Å²) in [7, 11) is 0. The molecule has 0 radical (unpaired) electrons. The Balaban J connectivity index is 1.69. The molecule has 1 heterocycles. The largest absolute Gasteiger partial charge is 0.454 e. The van der Waals surface area contributed by atoms with E-state index in [1.54, 1.807) is 13.0 Å². The van der Waals surface area contributed by atoms with Crippen molar-refractivity contribution in [1.29, 1.82) is 0 Å². The quantitative estimate of drug-likeness (QED) is 0.546. The Labute approximate surface area is 168 Å². The average Bonchev–Trinajstić information content (AvgIpc) is 2.94. The normalized spacial score (nSPS) is 18.6. The topological polar surface area (TPSA) is 105 Å². The zero-order valence-electron chi connectivity index (χ0n) is 16.4. The molecule has 1 saturated heterocycles. The van der Waals surface area contributed by atoms with Crippen molar-refractivity contribution < 1.29 is 23.9 Å². The molecule has 1 atom stereocenters. The monoisotopic (exact) mass is 397 g/mol. The summed E-state index contributed by atoms with van der Waals surface area (Å²) >= 11 is 0. The van der Waals surface area contributed by atoms with Gasteiger partial charge in [-0.2, -0.15) is 0 Å². The van der Waals surface area contributed by atoms with E-state index in [-0.39, 0.29) is 0 Å². The van der Waals surface area contributed by atoms with Gasteiger partial charge in [0.25, 0.3) is 11.8 Å². The third-order valence-electron chi connectivity index (χ3n) is 4.83. The van der Waals surface area contributed by atoms with Gasteiger partial charge in [0.1, 0.15) is 12.1 Å². The lowest BCUT2D eigenvalue weighted by Gasteiger charge is -2.22. The number of nitrogens with one attached hydrogen (secondary N) is 2. The number of hydrogen-bond acceptors (Lipinski definition) is 5. The maximum Gasteiger partial charge on any atom is 0.326 e. The molecule has 8 nitrogen and oxygen atoms in total. The van der Waals surface area contributed by atoms with Crippen LogP contribution in [-0.4, -0.2) is 48.4 Å². The summed E-state index contributed by atoms with van der Waals surface area (Å²) in [5.74, 6) is -1.81. The molecule has 2 N–H and O–H groups in total. The molecule has 0 bridgehead atoms. The third-order valence-corrected chi connectivity index (χ3v) is 4.83. The van der Waals surface area contributed by atoms with E-state index in [2.05, 4.69) is 10.6 Å². The minimum Gasteiger partial charge on any atom is -0.454 e. The maximum atomic E-state index is 12.9. The number of esters is 1. The minimum atomic E-state index is -1.29. The summed E-state index contributed by atoms with van der Waals surface area (Å²) in [5, 5.41) is 7.18. The predicted molar refractivity (Wildman–Crippen MR) is 106 cm³/mol. The van der Waals surface area contributed by atoms with E-state index < -0.39 is 42.5 Å². The molecule has 1 aliphatic rings. The molecule has 0 aromatic heterocycles. The summed E-state index contributed by atoms with van der Waals surface area (Å²) in [4.78, 5) is 49.6. The highest BCUT2D eigenvalue weighted by atomic mass is 16.5. The average molecular weight is 397 g/mol. The van der Waals surface area contributed by atoms with Crippen molar-refractivity contribution in [3.63, 3.8) is 0 Å². The lowest BCUT2D eigenvalue weighted by atomic mass is 9.90. The van der Waals surface area contributed by atoms with E-state index in [0.29, 0.717) is 12.1 Å². The Morgan fingerprint density at radius 2 is 1.86 bits per heavy atom. The Hall–Kier alpha value is -3.42. The van der Waals surface area contributed by atoms with Gasteiger partial charge in [0.05, 0.1) is 0 Å². The van der Waals surface area contributed by atoms with E-state index in [1.807, 2.05) is 43.3 Å². The fraction of sp³-hybridized carbons (Fsp3) is 0.333. The maximum absolute atomic E-state index is 12.9. The van der Waals surface area contributed by atoms with Gasteiger partial charge >= 0.3 is 12.0 Å². The highest BCUT2D eigenvalue weighted by Crippen LogP contribution is 2.30. The number of carbonyl (C=O) groups is 4. The van der Waals surface area contributed by atoms with Crippen LogP contribution in [0.15, 0.2) is 42.5 Å². The molecule has 0 aliphatic carbocycles. The van der Waals surface area contributed by atoms with Gasteiger partial charge in [-0.15, -0.1) is 0 Å². The van der Waals surface area contributed by atoms with Crippen LogP contribution in [0.3, 0.4) is 0 Å². The van der Waals surface area contributed by atoms with E-state index in [4.69, 9.17) is 4.74 Å². The SMILES string of the molecule is CCCNC(=O)COC(=O)CN1C(=O)N[C@](C)(c2ccc3ccccc3c2)C1=O. The smallest absolute Gasteiger partial charge is 0.326 e. The van der Waals surface area contributed by atoms with Crippen molar-refractivity contribution in [2.45, 2.75) is 25.8 Å². The number of benzene rings is 2. The van der Waals surface area contributed by atoms with Gasteiger partial charge in [-0.25, -0.2) is 4.79 Å². The minimum absolute atomic E-state index is 0.432. The lowest BCUT2D eigenvalue weighted by Crippen LogP contribution is -2.42. The molecule has 29 heavy (non-hydrogen) atoms. The molecule has 0 unspecified atom stereocenters. The molecule has 4 amide bonds. The number of nitrogens with zero attached hydrogens (tertiary/aromatic N) is 1. The van der Waals surface area contributed by atoms with Crippen LogP contribution < -0.4 is 10.6 Å². The van der Waals surface area contributed by atoms with Gasteiger partial charge in [-0.05, 0) is 35.7 Å². The Kier molecular flexibility index (Phi) is 5.81. The van der Waals surface area contributed by atoms with Crippen LogP contribution in [0.2, 0.25) is 0 Å². The number of carbonyl (C=O) groups excluding carboxylic acids is 4. The first kappa shape index (κ1) is 20.3. The van der Waals surface area contributed by atoms with Crippen molar-refractivity contribution in [3.05, 3.63) is 48.0 Å². The fourth-order valence-electron chi connectivity index (χ4n) is 3.17. The number of rotatable bonds is 7. The van der Waals surface area contributed by atoms with Gasteiger partial charge in [0.15, 0.2) is 6.61 Å². The molecule has 2 aromatic carbocycles. The zero-order valence-corrected chi connectivity index (χ0v) is 16.4. The Morgan fingerprint density at radius 1 is 1.14 bits per heavy atom. The van der Waals surface area contributed by atoms with Crippen molar-refractivity contribution in [2.24, 2.45) is 0 Å². The lowest BCUT2D eigenvalue weighted by molar-refractivity contribution is -0.151.